The van der Waals surface area contributed by atoms with E-state index < -0.39 is 10.0 Å². The highest BCUT2D eigenvalue weighted by atomic mass is 32.2. The van der Waals surface area contributed by atoms with Crippen LogP contribution in [0, 0.1) is 0 Å². The Kier molecular flexibility index (Phi) is 5.26. The van der Waals surface area contributed by atoms with E-state index in [-0.39, 0.29) is 16.8 Å². The maximum absolute atomic E-state index is 12.9. The molecule has 11 heteroatoms. The number of rotatable bonds is 6. The molecular formula is C19H20N6O3S2. The van der Waals surface area contributed by atoms with Gasteiger partial charge < -0.3 is 4.57 Å². The van der Waals surface area contributed by atoms with Crippen molar-refractivity contribution in [3.8, 4) is 0 Å². The summed E-state index contributed by atoms with van der Waals surface area (Å²) < 4.78 is 29.0. The van der Waals surface area contributed by atoms with Gasteiger partial charge in [0, 0.05) is 25.5 Å². The third-order valence-electron chi connectivity index (χ3n) is 4.88. The molecule has 0 fully saturated rings. The number of thiophene rings is 1. The average Bonchev–Trinajstić information content (AvgIpc) is 3.36. The molecule has 1 aromatic carbocycles. The average molecular weight is 445 g/mol. The summed E-state index contributed by atoms with van der Waals surface area (Å²) in [4.78, 5) is 17.4. The molecule has 0 aliphatic heterocycles. The number of amides is 1. The van der Waals surface area contributed by atoms with E-state index in [0.29, 0.717) is 34.5 Å². The van der Waals surface area contributed by atoms with Gasteiger partial charge in [-0.3, -0.25) is 10.1 Å². The number of sulfonamides is 1. The predicted octanol–water partition coefficient (Wildman–Crippen LogP) is 2.86. The Morgan fingerprint density at radius 3 is 2.63 bits per heavy atom. The summed E-state index contributed by atoms with van der Waals surface area (Å²) in [6, 6.07) is 8.42. The summed E-state index contributed by atoms with van der Waals surface area (Å²) in [7, 11) is -1.79. The molecule has 0 spiro atoms. The van der Waals surface area contributed by atoms with Crippen LogP contribution in [-0.2, 0) is 17.1 Å². The Bertz CT molecular complexity index is 1340. The zero-order valence-corrected chi connectivity index (χ0v) is 18.3. The molecule has 4 rings (SSSR count). The number of aromatic nitrogens is 4. The molecule has 0 atom stereocenters. The zero-order valence-electron chi connectivity index (χ0n) is 16.7. The number of hydrogen-bond acceptors (Lipinski definition) is 7. The first kappa shape index (κ1) is 20.4. The molecule has 1 N–H and O–H groups in total. The largest absolute Gasteiger partial charge is 0.327 e. The van der Waals surface area contributed by atoms with E-state index in [4.69, 9.17) is 0 Å². The Morgan fingerprint density at radius 1 is 1.20 bits per heavy atom. The third kappa shape index (κ3) is 3.34. The van der Waals surface area contributed by atoms with Gasteiger partial charge in [0.05, 0.1) is 15.3 Å². The van der Waals surface area contributed by atoms with Crippen LogP contribution in [0.5, 0.6) is 0 Å². The summed E-state index contributed by atoms with van der Waals surface area (Å²) in [5.74, 6) is -0.222. The number of nitrogens with zero attached hydrogens (tertiary/aromatic N) is 5. The summed E-state index contributed by atoms with van der Waals surface area (Å²) >= 11 is 1.32. The van der Waals surface area contributed by atoms with Gasteiger partial charge in [-0.1, -0.05) is 19.9 Å². The maximum atomic E-state index is 12.9. The number of carbonyl (C=O) groups excluding carboxylic acids is 1. The van der Waals surface area contributed by atoms with E-state index in [1.165, 1.54) is 15.6 Å². The molecule has 3 heterocycles. The van der Waals surface area contributed by atoms with Crippen molar-refractivity contribution in [2.24, 2.45) is 7.05 Å². The Hall–Kier alpha value is -2.89. The number of hydrogen-bond donors (Lipinski definition) is 1. The van der Waals surface area contributed by atoms with Crippen LogP contribution < -0.4 is 5.32 Å². The van der Waals surface area contributed by atoms with Crippen molar-refractivity contribution in [3.05, 3.63) is 40.6 Å². The highest BCUT2D eigenvalue weighted by Crippen LogP contribution is 2.29. The van der Waals surface area contributed by atoms with Crippen molar-refractivity contribution in [2.45, 2.75) is 18.7 Å². The predicted molar refractivity (Wildman–Crippen MR) is 116 cm³/mol. The van der Waals surface area contributed by atoms with Crippen LogP contribution in [0.3, 0.4) is 0 Å². The normalized spacial score (nSPS) is 12.1. The first-order chi connectivity index (χ1) is 14.4. The van der Waals surface area contributed by atoms with Crippen LogP contribution in [0.4, 0.5) is 5.95 Å². The second-order valence-corrected chi connectivity index (χ2v) is 9.45. The first-order valence-electron chi connectivity index (χ1n) is 9.34. The van der Waals surface area contributed by atoms with Crippen LogP contribution in [0.1, 0.15) is 23.5 Å². The van der Waals surface area contributed by atoms with Crippen LogP contribution in [-0.4, -0.2) is 51.5 Å². The van der Waals surface area contributed by atoms with Crippen molar-refractivity contribution in [2.75, 3.05) is 18.4 Å². The lowest BCUT2D eigenvalue weighted by Gasteiger charge is -2.18. The number of anilines is 1. The number of nitrogens with one attached hydrogen (secondary N) is 1. The first-order valence-corrected chi connectivity index (χ1v) is 11.7. The Morgan fingerprint density at radius 2 is 1.97 bits per heavy atom. The lowest BCUT2D eigenvalue weighted by atomic mass is 10.2. The van der Waals surface area contributed by atoms with E-state index in [1.807, 2.05) is 12.4 Å². The Labute approximate surface area is 177 Å². The SMILES string of the molecule is CCN(CC)S(=O)(=O)c1ccc2c(c1)c1nnc(NC(=O)c3cccs3)nc1n2C. The van der Waals surface area contributed by atoms with Crippen LogP contribution >= 0.6 is 11.3 Å². The fourth-order valence-corrected chi connectivity index (χ4v) is 5.44. The molecule has 0 saturated heterocycles. The van der Waals surface area contributed by atoms with Gasteiger partial charge in [-0.15, -0.1) is 21.5 Å². The summed E-state index contributed by atoms with van der Waals surface area (Å²) in [5, 5.41) is 13.3. The lowest BCUT2D eigenvalue weighted by Crippen LogP contribution is -2.30. The minimum atomic E-state index is -3.60. The molecule has 156 valence electrons. The van der Waals surface area contributed by atoms with Crippen molar-refractivity contribution in [1.82, 2.24) is 24.1 Å². The molecular weight excluding hydrogens is 424 g/mol. The molecule has 9 nitrogen and oxygen atoms in total. The van der Waals surface area contributed by atoms with Gasteiger partial charge in [0.2, 0.25) is 10.0 Å². The highest BCUT2D eigenvalue weighted by Gasteiger charge is 2.23. The van der Waals surface area contributed by atoms with Gasteiger partial charge in [0.1, 0.15) is 5.52 Å². The van der Waals surface area contributed by atoms with Gasteiger partial charge in [-0.2, -0.15) is 9.29 Å². The minimum absolute atomic E-state index is 0.0859. The highest BCUT2D eigenvalue weighted by molar-refractivity contribution is 7.89. The molecule has 30 heavy (non-hydrogen) atoms. The van der Waals surface area contributed by atoms with Gasteiger partial charge >= 0.3 is 0 Å². The van der Waals surface area contributed by atoms with E-state index in [1.54, 1.807) is 48.7 Å². The number of carbonyl (C=O) groups is 1. The Balaban J connectivity index is 1.78. The van der Waals surface area contributed by atoms with E-state index in [9.17, 15) is 13.2 Å². The van der Waals surface area contributed by atoms with Crippen molar-refractivity contribution >= 4 is 55.3 Å². The fourth-order valence-electron chi connectivity index (χ4n) is 3.33. The zero-order chi connectivity index (χ0) is 21.5. The lowest BCUT2D eigenvalue weighted by molar-refractivity contribution is 0.102. The van der Waals surface area contributed by atoms with Crippen molar-refractivity contribution in [3.63, 3.8) is 0 Å². The molecule has 0 aliphatic carbocycles. The molecule has 1 amide bonds. The van der Waals surface area contributed by atoms with Gasteiger partial charge in [-0.25, -0.2) is 8.42 Å². The summed E-state index contributed by atoms with van der Waals surface area (Å²) in [5.41, 5.74) is 1.74. The molecule has 4 aromatic rings. The van der Waals surface area contributed by atoms with E-state index in [0.717, 1.165) is 5.52 Å². The molecule has 0 aliphatic rings. The van der Waals surface area contributed by atoms with Crippen molar-refractivity contribution in [1.29, 1.82) is 0 Å². The second-order valence-electron chi connectivity index (χ2n) is 6.57. The monoisotopic (exact) mass is 444 g/mol. The molecule has 0 radical (unpaired) electrons. The smallest absolute Gasteiger partial charge is 0.268 e. The second kappa shape index (κ2) is 7.74. The minimum Gasteiger partial charge on any atom is -0.327 e. The van der Waals surface area contributed by atoms with E-state index >= 15 is 0 Å². The number of benzene rings is 1. The van der Waals surface area contributed by atoms with Gasteiger partial charge in [-0.05, 0) is 29.6 Å². The van der Waals surface area contributed by atoms with Gasteiger partial charge in [0.25, 0.3) is 11.9 Å². The van der Waals surface area contributed by atoms with Crippen molar-refractivity contribution < 1.29 is 13.2 Å². The fraction of sp³-hybridized carbons (Fsp3) is 0.263. The van der Waals surface area contributed by atoms with E-state index in [2.05, 4.69) is 20.5 Å². The van der Waals surface area contributed by atoms with Crippen LogP contribution in [0.25, 0.3) is 22.1 Å². The van der Waals surface area contributed by atoms with Crippen LogP contribution in [0.2, 0.25) is 0 Å². The quantitative estimate of drug-likeness (QED) is 0.490. The number of aryl methyl sites for hydroxylation is 1. The summed E-state index contributed by atoms with van der Waals surface area (Å²) in [6.07, 6.45) is 0. The van der Waals surface area contributed by atoms with Crippen LogP contribution in [0.15, 0.2) is 40.6 Å². The topological polar surface area (TPSA) is 110 Å². The third-order valence-corrected chi connectivity index (χ3v) is 7.80. The molecule has 0 unspecified atom stereocenters. The summed E-state index contributed by atoms with van der Waals surface area (Å²) in [6.45, 7) is 4.39. The van der Waals surface area contributed by atoms with Gasteiger partial charge in [0.15, 0.2) is 5.65 Å². The molecule has 0 bridgehead atoms. The number of fused-ring (bicyclic) bond motifs is 3. The standard InChI is InChI=1S/C19H20N6O3S2/c1-4-25(5-2)30(27,28)12-8-9-14-13(11-12)16-17(24(14)3)20-19(23-22-16)21-18(26)15-7-6-10-29-15/h6-11H,4-5H2,1-3H3,(H,20,21,23,26). The molecule has 3 aromatic heterocycles. The molecule has 0 saturated carbocycles. The maximum Gasteiger partial charge on any atom is 0.268 e.